The molecule has 0 saturated heterocycles. The van der Waals surface area contributed by atoms with Gasteiger partial charge in [-0.25, -0.2) is 9.36 Å². The van der Waals surface area contributed by atoms with Crippen LogP contribution in [-0.4, -0.2) is 56.5 Å². The second kappa shape index (κ2) is 10.5. The van der Waals surface area contributed by atoms with Crippen molar-refractivity contribution in [2.24, 2.45) is 0 Å². The van der Waals surface area contributed by atoms with Gasteiger partial charge in [0.2, 0.25) is 5.91 Å². The molecule has 1 atom stereocenters. The Bertz CT molecular complexity index is 1190. The zero-order valence-corrected chi connectivity index (χ0v) is 20.8. The maximum Gasteiger partial charge on any atom is 0.295 e. The highest BCUT2D eigenvalue weighted by Gasteiger charge is 2.23. The Morgan fingerprint density at radius 1 is 1.15 bits per heavy atom. The predicted octanol–water partition coefficient (Wildman–Crippen LogP) is 3.53. The number of aryl methyl sites for hydroxylation is 2. The van der Waals surface area contributed by atoms with E-state index in [1.807, 2.05) is 44.2 Å². The Labute approximate surface area is 200 Å². The van der Waals surface area contributed by atoms with Crippen molar-refractivity contribution in [3.8, 4) is 5.69 Å². The molecule has 0 bridgehead atoms. The monoisotopic (exact) mass is 464 g/mol. The normalized spacial score (nSPS) is 15.7. The average Bonchev–Trinajstić information content (AvgIpc) is 3.22. The van der Waals surface area contributed by atoms with E-state index in [9.17, 15) is 9.59 Å². The number of fused-ring (bicyclic) bond motifs is 1. The van der Waals surface area contributed by atoms with Crippen molar-refractivity contribution >= 4 is 16.8 Å². The average molecular weight is 465 g/mol. The van der Waals surface area contributed by atoms with Crippen molar-refractivity contribution in [1.29, 1.82) is 0 Å². The molecule has 0 radical (unpaired) electrons. The predicted molar refractivity (Wildman–Crippen MR) is 134 cm³/mol. The number of para-hydroxylation sites is 1. The molecule has 34 heavy (non-hydrogen) atoms. The minimum absolute atomic E-state index is 0.201. The lowest BCUT2D eigenvalue weighted by Gasteiger charge is -2.31. The number of nitrogens with zero attached hydrogens (tertiary/aromatic N) is 5. The van der Waals surface area contributed by atoms with Crippen molar-refractivity contribution in [3.63, 3.8) is 0 Å². The highest BCUT2D eigenvalue weighted by molar-refractivity contribution is 5.84. The molecule has 182 valence electrons. The summed E-state index contributed by atoms with van der Waals surface area (Å²) in [6.45, 7) is 7.04. The number of nitrogens with one attached hydrogen (secondary N) is 1. The fourth-order valence-corrected chi connectivity index (χ4v) is 5.04. The van der Waals surface area contributed by atoms with Crippen LogP contribution < -0.4 is 10.9 Å². The lowest BCUT2D eigenvalue weighted by Crippen LogP contribution is -2.39. The molecule has 2 aromatic heterocycles. The maximum atomic E-state index is 13.3. The molecule has 1 N–H and O–H groups in total. The maximum absolute atomic E-state index is 13.3. The number of hydrogen-bond donors (Lipinski definition) is 1. The van der Waals surface area contributed by atoms with Gasteiger partial charge in [0.25, 0.3) is 5.56 Å². The molecule has 1 amide bonds. The van der Waals surface area contributed by atoms with E-state index in [1.165, 1.54) is 36.8 Å². The van der Waals surface area contributed by atoms with E-state index < -0.39 is 6.04 Å². The number of rotatable bonds is 8. The molecule has 1 aliphatic carbocycles. The summed E-state index contributed by atoms with van der Waals surface area (Å²) in [5.74, 6) is -0.201. The van der Waals surface area contributed by atoms with Crippen molar-refractivity contribution in [2.75, 3.05) is 20.1 Å². The SMILES string of the molecule is Cc1nn([C@@H](C)C(=O)NCCCN(C)C2CCCCC2)c(=O)c2nn(-c3ccccc3)c(C)c12. The van der Waals surface area contributed by atoms with Crippen LogP contribution in [0.5, 0.6) is 0 Å². The molecule has 0 aliphatic heterocycles. The van der Waals surface area contributed by atoms with Crippen LogP contribution in [0.15, 0.2) is 35.1 Å². The molecule has 3 aromatic rings. The van der Waals surface area contributed by atoms with Gasteiger partial charge < -0.3 is 10.2 Å². The molecular weight excluding hydrogens is 428 g/mol. The lowest BCUT2D eigenvalue weighted by molar-refractivity contribution is -0.124. The summed E-state index contributed by atoms with van der Waals surface area (Å²) in [6.07, 6.45) is 7.41. The van der Waals surface area contributed by atoms with E-state index in [2.05, 4.69) is 27.5 Å². The smallest absolute Gasteiger partial charge is 0.295 e. The summed E-state index contributed by atoms with van der Waals surface area (Å²) in [5, 5.41) is 12.8. The fraction of sp³-hybridized carbons (Fsp3) is 0.538. The van der Waals surface area contributed by atoms with Gasteiger partial charge in [0.15, 0.2) is 5.52 Å². The van der Waals surface area contributed by atoms with Crippen molar-refractivity contribution in [2.45, 2.75) is 71.4 Å². The Morgan fingerprint density at radius 2 is 1.85 bits per heavy atom. The molecule has 8 heteroatoms. The van der Waals surface area contributed by atoms with E-state index in [0.717, 1.165) is 29.7 Å². The van der Waals surface area contributed by atoms with Gasteiger partial charge in [-0.1, -0.05) is 37.5 Å². The number of benzene rings is 1. The van der Waals surface area contributed by atoms with Gasteiger partial charge in [-0.05, 0) is 65.8 Å². The van der Waals surface area contributed by atoms with Gasteiger partial charge in [-0.3, -0.25) is 9.59 Å². The van der Waals surface area contributed by atoms with Gasteiger partial charge in [0.05, 0.1) is 22.5 Å². The van der Waals surface area contributed by atoms with E-state index in [4.69, 9.17) is 0 Å². The summed E-state index contributed by atoms with van der Waals surface area (Å²) in [7, 11) is 2.18. The molecule has 0 spiro atoms. The van der Waals surface area contributed by atoms with Crippen LogP contribution >= 0.6 is 0 Å². The van der Waals surface area contributed by atoms with Gasteiger partial charge in [0, 0.05) is 12.6 Å². The molecule has 1 aliphatic rings. The second-order valence-corrected chi connectivity index (χ2v) is 9.48. The van der Waals surface area contributed by atoms with Crippen LogP contribution in [0.25, 0.3) is 16.6 Å². The molecule has 2 heterocycles. The molecular formula is C26H36N6O2. The standard InChI is InChI=1S/C26H36N6O2/c1-18-23-19(2)31(22-14-9-6-10-15-22)29-24(23)26(34)32(28-18)20(3)25(33)27-16-11-17-30(4)21-12-7-5-8-13-21/h6,9-10,14-15,20-21H,5,7-8,11-13,16-17H2,1-4H3,(H,27,33)/t20-/m0/s1. The lowest BCUT2D eigenvalue weighted by atomic mass is 9.94. The minimum atomic E-state index is -0.714. The molecule has 4 rings (SSSR count). The van der Waals surface area contributed by atoms with Gasteiger partial charge >= 0.3 is 0 Å². The molecule has 1 aromatic carbocycles. The summed E-state index contributed by atoms with van der Waals surface area (Å²) < 4.78 is 3.03. The number of amides is 1. The van der Waals surface area contributed by atoms with Crippen LogP contribution in [0, 0.1) is 13.8 Å². The fourth-order valence-electron chi connectivity index (χ4n) is 5.04. The Balaban J connectivity index is 1.44. The van der Waals surface area contributed by atoms with Gasteiger partial charge in [-0.15, -0.1) is 0 Å². The van der Waals surface area contributed by atoms with Crippen molar-refractivity contribution in [1.82, 2.24) is 29.8 Å². The number of carbonyl (C=O) groups is 1. The van der Waals surface area contributed by atoms with E-state index in [0.29, 0.717) is 23.8 Å². The summed E-state index contributed by atoms with van der Waals surface area (Å²) in [4.78, 5) is 28.5. The first-order valence-corrected chi connectivity index (χ1v) is 12.4. The molecule has 1 fully saturated rings. The first-order chi connectivity index (χ1) is 16.4. The third-order valence-corrected chi connectivity index (χ3v) is 7.08. The number of carbonyl (C=O) groups excluding carboxylic acids is 1. The molecule has 1 saturated carbocycles. The highest BCUT2D eigenvalue weighted by atomic mass is 16.2. The highest BCUT2D eigenvalue weighted by Crippen LogP contribution is 2.22. The third kappa shape index (κ3) is 4.92. The van der Waals surface area contributed by atoms with Crippen LogP contribution in [0.1, 0.15) is 62.9 Å². The van der Waals surface area contributed by atoms with Gasteiger partial charge in [-0.2, -0.15) is 10.2 Å². The van der Waals surface area contributed by atoms with E-state index >= 15 is 0 Å². The Hall–Kier alpha value is -3.00. The van der Waals surface area contributed by atoms with Crippen LogP contribution in [0.2, 0.25) is 0 Å². The topological polar surface area (TPSA) is 85.1 Å². The Morgan fingerprint density at radius 3 is 2.56 bits per heavy atom. The summed E-state index contributed by atoms with van der Waals surface area (Å²) in [5.41, 5.74) is 2.41. The number of aromatic nitrogens is 4. The van der Waals surface area contributed by atoms with E-state index in [1.54, 1.807) is 11.6 Å². The largest absolute Gasteiger partial charge is 0.354 e. The van der Waals surface area contributed by atoms with Crippen molar-refractivity contribution in [3.05, 3.63) is 52.1 Å². The first-order valence-electron chi connectivity index (χ1n) is 12.4. The van der Waals surface area contributed by atoms with Crippen LogP contribution in [0.4, 0.5) is 0 Å². The summed E-state index contributed by atoms with van der Waals surface area (Å²) in [6, 6.07) is 9.65. The van der Waals surface area contributed by atoms with Crippen molar-refractivity contribution < 1.29 is 4.79 Å². The third-order valence-electron chi connectivity index (χ3n) is 7.08. The Kier molecular flexibility index (Phi) is 7.46. The first kappa shape index (κ1) is 24.1. The zero-order valence-electron chi connectivity index (χ0n) is 20.8. The van der Waals surface area contributed by atoms with Gasteiger partial charge in [0.1, 0.15) is 6.04 Å². The van der Waals surface area contributed by atoms with E-state index in [-0.39, 0.29) is 11.5 Å². The van der Waals surface area contributed by atoms with Crippen LogP contribution in [0.3, 0.4) is 0 Å². The van der Waals surface area contributed by atoms with Crippen LogP contribution in [-0.2, 0) is 4.79 Å². The minimum Gasteiger partial charge on any atom is -0.354 e. The summed E-state index contributed by atoms with van der Waals surface area (Å²) >= 11 is 0. The zero-order chi connectivity index (χ0) is 24.2. The quantitative estimate of drug-likeness (QED) is 0.516. The molecule has 0 unspecified atom stereocenters. The molecule has 8 nitrogen and oxygen atoms in total. The number of hydrogen-bond acceptors (Lipinski definition) is 5. The second-order valence-electron chi connectivity index (χ2n) is 9.48.